The number of aliphatic hydroxyl groups excluding tert-OH is 1. The Kier molecular flexibility index (Phi) is 4.49. The molecule has 2 atom stereocenters. The fourth-order valence-corrected chi connectivity index (χ4v) is 1.88. The summed E-state index contributed by atoms with van der Waals surface area (Å²) in [5, 5.41) is 20.2. The first-order valence-corrected chi connectivity index (χ1v) is 5.94. The molecule has 2 unspecified atom stereocenters. The van der Waals surface area contributed by atoms with E-state index in [1.807, 2.05) is 45.0 Å². The molecule has 2 N–H and O–H groups in total. The van der Waals surface area contributed by atoms with Gasteiger partial charge in [0.25, 0.3) is 0 Å². The molecule has 0 saturated heterocycles. The van der Waals surface area contributed by atoms with Gasteiger partial charge in [0.1, 0.15) is 0 Å². The van der Waals surface area contributed by atoms with Gasteiger partial charge in [-0.05, 0) is 33.3 Å². The maximum Gasteiger partial charge on any atom is 0.0896 e. The third-order valence-electron chi connectivity index (χ3n) is 2.81. The average Bonchev–Trinajstić information content (AvgIpc) is 2.15. The van der Waals surface area contributed by atoms with Crippen LogP contribution in [0.5, 0.6) is 0 Å². The molecule has 17 heavy (non-hydrogen) atoms. The summed E-state index contributed by atoms with van der Waals surface area (Å²) >= 11 is 0. The maximum atomic E-state index is 10.4. The first-order valence-electron chi connectivity index (χ1n) is 5.94. The topological polar surface area (TPSA) is 40.5 Å². The van der Waals surface area contributed by atoms with E-state index in [9.17, 15) is 10.2 Å². The second-order valence-electron chi connectivity index (χ2n) is 5.16. The van der Waals surface area contributed by atoms with Crippen LogP contribution in [0.3, 0.4) is 0 Å². The molecule has 1 aromatic carbocycles. The van der Waals surface area contributed by atoms with E-state index >= 15 is 0 Å². The second kappa shape index (κ2) is 5.48. The number of allylic oxidation sites excluding steroid dienone is 1. The Morgan fingerprint density at radius 1 is 1.29 bits per heavy atom. The molecular weight excluding hydrogens is 212 g/mol. The molecule has 0 fully saturated rings. The molecule has 2 nitrogen and oxygen atoms in total. The van der Waals surface area contributed by atoms with E-state index < -0.39 is 11.7 Å². The van der Waals surface area contributed by atoms with Crippen molar-refractivity contribution in [2.45, 2.75) is 45.8 Å². The molecular formula is C15H22O2. The Bertz CT molecular complexity index is 384. The van der Waals surface area contributed by atoms with Crippen molar-refractivity contribution >= 4 is 0 Å². The van der Waals surface area contributed by atoms with Gasteiger partial charge in [-0.15, -0.1) is 0 Å². The van der Waals surface area contributed by atoms with Crippen molar-refractivity contribution in [3.63, 3.8) is 0 Å². The number of hydrogen-bond donors (Lipinski definition) is 2. The Labute approximate surface area is 104 Å². The van der Waals surface area contributed by atoms with Gasteiger partial charge >= 0.3 is 0 Å². The summed E-state index contributed by atoms with van der Waals surface area (Å²) < 4.78 is 0. The minimum absolute atomic E-state index is 0.307. The van der Waals surface area contributed by atoms with Crippen LogP contribution in [0.4, 0.5) is 0 Å². The van der Waals surface area contributed by atoms with E-state index in [1.54, 1.807) is 13.0 Å². The third kappa shape index (κ3) is 4.33. The van der Waals surface area contributed by atoms with Crippen LogP contribution < -0.4 is 0 Å². The number of benzene rings is 1. The van der Waals surface area contributed by atoms with E-state index in [-0.39, 0.29) is 0 Å². The summed E-state index contributed by atoms with van der Waals surface area (Å²) in [6.45, 7) is 7.61. The lowest BCUT2D eigenvalue weighted by Crippen LogP contribution is -2.26. The van der Waals surface area contributed by atoms with Crippen molar-refractivity contribution in [3.05, 3.63) is 47.0 Å². The van der Waals surface area contributed by atoms with E-state index in [0.717, 1.165) is 16.7 Å². The molecule has 1 aromatic rings. The lowest BCUT2D eigenvalue weighted by molar-refractivity contribution is 0.0129. The molecule has 0 spiro atoms. The van der Waals surface area contributed by atoms with Gasteiger partial charge < -0.3 is 10.2 Å². The van der Waals surface area contributed by atoms with Crippen molar-refractivity contribution in [1.29, 1.82) is 0 Å². The summed E-state index contributed by atoms with van der Waals surface area (Å²) in [4.78, 5) is 0. The number of hydrogen-bond acceptors (Lipinski definition) is 2. The smallest absolute Gasteiger partial charge is 0.0896 e. The molecule has 94 valence electrons. The molecule has 0 radical (unpaired) electrons. The standard InChI is InChI=1S/C15H22O2/c1-11(2)9-14(16)10-15(4,17)13-7-5-12(3)6-8-13/h5-9,14,16-17H,10H2,1-4H3. The van der Waals surface area contributed by atoms with Crippen molar-refractivity contribution < 1.29 is 10.2 Å². The Balaban J connectivity index is 2.81. The monoisotopic (exact) mass is 234 g/mol. The molecule has 0 saturated carbocycles. The van der Waals surface area contributed by atoms with Crippen LogP contribution in [0, 0.1) is 6.92 Å². The highest BCUT2D eigenvalue weighted by Crippen LogP contribution is 2.26. The normalized spacial score (nSPS) is 16.1. The van der Waals surface area contributed by atoms with Gasteiger partial charge in [-0.25, -0.2) is 0 Å². The van der Waals surface area contributed by atoms with Gasteiger partial charge in [0, 0.05) is 6.42 Å². The van der Waals surface area contributed by atoms with Crippen LogP contribution >= 0.6 is 0 Å². The van der Waals surface area contributed by atoms with Crippen molar-refractivity contribution in [2.75, 3.05) is 0 Å². The van der Waals surface area contributed by atoms with Gasteiger partial charge in [0.2, 0.25) is 0 Å². The van der Waals surface area contributed by atoms with Gasteiger partial charge in [-0.1, -0.05) is 41.5 Å². The zero-order valence-corrected chi connectivity index (χ0v) is 11.1. The summed E-state index contributed by atoms with van der Waals surface area (Å²) in [5.74, 6) is 0. The van der Waals surface area contributed by atoms with E-state index in [4.69, 9.17) is 0 Å². The number of aliphatic hydroxyl groups is 2. The molecule has 1 rings (SSSR count). The molecule has 0 aromatic heterocycles. The van der Waals surface area contributed by atoms with Crippen molar-refractivity contribution in [3.8, 4) is 0 Å². The largest absolute Gasteiger partial charge is 0.389 e. The molecule has 0 bridgehead atoms. The zero-order chi connectivity index (χ0) is 13.1. The first-order chi connectivity index (χ1) is 7.81. The number of rotatable bonds is 4. The lowest BCUT2D eigenvalue weighted by atomic mass is 9.89. The highest BCUT2D eigenvalue weighted by molar-refractivity contribution is 5.26. The second-order valence-corrected chi connectivity index (χ2v) is 5.16. The third-order valence-corrected chi connectivity index (χ3v) is 2.81. The zero-order valence-electron chi connectivity index (χ0n) is 11.1. The summed E-state index contributed by atoms with van der Waals surface area (Å²) in [6.07, 6.45) is 1.46. The van der Waals surface area contributed by atoms with E-state index in [2.05, 4.69) is 0 Å². The van der Waals surface area contributed by atoms with Gasteiger partial charge in [-0.3, -0.25) is 0 Å². The van der Waals surface area contributed by atoms with Gasteiger partial charge in [0.05, 0.1) is 11.7 Å². The lowest BCUT2D eigenvalue weighted by Gasteiger charge is -2.26. The Morgan fingerprint density at radius 2 is 1.82 bits per heavy atom. The molecule has 0 aliphatic carbocycles. The molecule has 0 aliphatic rings. The van der Waals surface area contributed by atoms with Crippen LogP contribution in [0.25, 0.3) is 0 Å². The summed E-state index contributed by atoms with van der Waals surface area (Å²) in [6, 6.07) is 7.75. The minimum Gasteiger partial charge on any atom is -0.389 e. The van der Waals surface area contributed by atoms with Crippen LogP contribution in [0.2, 0.25) is 0 Å². The molecule has 0 amide bonds. The fraction of sp³-hybridized carbons (Fsp3) is 0.467. The van der Waals surface area contributed by atoms with Crippen LogP contribution in [0.1, 0.15) is 38.3 Å². The van der Waals surface area contributed by atoms with Crippen LogP contribution in [-0.2, 0) is 5.60 Å². The van der Waals surface area contributed by atoms with Crippen LogP contribution in [-0.4, -0.2) is 16.3 Å². The predicted octanol–water partition coefficient (Wildman–Crippen LogP) is 2.92. The fourth-order valence-electron chi connectivity index (χ4n) is 1.88. The van der Waals surface area contributed by atoms with Crippen LogP contribution in [0.15, 0.2) is 35.9 Å². The summed E-state index contributed by atoms with van der Waals surface area (Å²) in [7, 11) is 0. The van der Waals surface area contributed by atoms with Gasteiger partial charge in [-0.2, -0.15) is 0 Å². The number of aryl methyl sites for hydroxylation is 1. The van der Waals surface area contributed by atoms with Gasteiger partial charge in [0.15, 0.2) is 0 Å². The quantitative estimate of drug-likeness (QED) is 0.786. The predicted molar refractivity (Wildman–Crippen MR) is 70.8 cm³/mol. The summed E-state index contributed by atoms with van der Waals surface area (Å²) in [5.41, 5.74) is 2.05. The maximum absolute atomic E-state index is 10.4. The van der Waals surface area contributed by atoms with Crippen molar-refractivity contribution in [2.24, 2.45) is 0 Å². The van der Waals surface area contributed by atoms with E-state index in [1.165, 1.54) is 0 Å². The average molecular weight is 234 g/mol. The highest BCUT2D eigenvalue weighted by atomic mass is 16.3. The van der Waals surface area contributed by atoms with Crippen molar-refractivity contribution in [1.82, 2.24) is 0 Å². The Hall–Kier alpha value is -1.12. The van der Waals surface area contributed by atoms with E-state index in [0.29, 0.717) is 6.42 Å². The molecule has 2 heteroatoms. The molecule has 0 heterocycles. The minimum atomic E-state index is -1.00. The first kappa shape index (κ1) is 13.9. The molecule has 0 aliphatic heterocycles. The Morgan fingerprint density at radius 3 is 2.29 bits per heavy atom. The SMILES string of the molecule is CC(C)=CC(O)CC(C)(O)c1ccc(C)cc1. The highest BCUT2D eigenvalue weighted by Gasteiger charge is 2.25.